The lowest BCUT2D eigenvalue weighted by molar-refractivity contribution is 0.0439. The number of halogens is 1. The monoisotopic (exact) mass is 486 g/mol. The Morgan fingerprint density at radius 3 is 2.67 bits per heavy atom. The van der Waals surface area contributed by atoms with E-state index in [1.165, 1.54) is 10.8 Å². The molecule has 0 fully saturated rings. The minimum atomic E-state index is -0.848. The van der Waals surface area contributed by atoms with E-state index in [1.54, 1.807) is 25.4 Å². The van der Waals surface area contributed by atoms with Gasteiger partial charge in [0, 0.05) is 17.5 Å². The molecule has 2 aromatic heterocycles. The number of allylic oxidation sites excluding steroid dienone is 2. The Morgan fingerprint density at radius 1 is 1.19 bits per heavy atom. The van der Waals surface area contributed by atoms with Crippen LogP contribution in [0.3, 0.4) is 0 Å². The Kier molecular flexibility index (Phi) is 6.96. The molecule has 0 aliphatic carbocycles. The van der Waals surface area contributed by atoms with Gasteiger partial charge >= 0.3 is 0 Å². The topological polar surface area (TPSA) is 95.3 Å². The highest BCUT2D eigenvalue weighted by molar-refractivity contribution is 5.86. The van der Waals surface area contributed by atoms with E-state index < -0.39 is 17.7 Å². The molecule has 1 unspecified atom stereocenters. The summed E-state index contributed by atoms with van der Waals surface area (Å²) in [6.07, 6.45) is 6.09. The Bertz CT molecular complexity index is 1440. The number of anilines is 1. The van der Waals surface area contributed by atoms with Crippen LogP contribution in [0.4, 0.5) is 10.3 Å². The molecule has 0 spiro atoms. The van der Waals surface area contributed by atoms with Gasteiger partial charge in [-0.05, 0) is 49.2 Å². The number of rotatable bonds is 9. The van der Waals surface area contributed by atoms with Gasteiger partial charge in [0.05, 0.1) is 23.1 Å². The van der Waals surface area contributed by atoms with Gasteiger partial charge in [0.2, 0.25) is 5.95 Å². The number of aromatic hydroxyl groups is 2. The number of aromatic amines is 1. The summed E-state index contributed by atoms with van der Waals surface area (Å²) in [4.78, 5) is 13.6. The number of aromatic nitrogens is 3. The Balaban J connectivity index is 1.58. The lowest BCUT2D eigenvalue weighted by Gasteiger charge is -2.19. The van der Waals surface area contributed by atoms with Gasteiger partial charge in [0.15, 0.2) is 17.7 Å². The van der Waals surface area contributed by atoms with E-state index in [-0.39, 0.29) is 11.3 Å². The van der Waals surface area contributed by atoms with Crippen LogP contribution in [-0.4, -0.2) is 24.9 Å². The second kappa shape index (κ2) is 10.3. The number of benzene rings is 2. The molecular formula is C28H27FN4O3. The molecule has 2 heterocycles. The van der Waals surface area contributed by atoms with Gasteiger partial charge in [-0.1, -0.05) is 49.6 Å². The van der Waals surface area contributed by atoms with E-state index >= 15 is 0 Å². The van der Waals surface area contributed by atoms with Crippen molar-refractivity contribution in [1.29, 1.82) is 0 Å². The number of hydrogen-bond acceptors (Lipinski definition) is 5. The lowest BCUT2D eigenvalue weighted by Crippen LogP contribution is -2.17. The highest BCUT2D eigenvalue weighted by Crippen LogP contribution is 2.35. The molecule has 4 N–H and O–H groups in total. The zero-order valence-corrected chi connectivity index (χ0v) is 20.0. The molecule has 184 valence electrons. The van der Waals surface area contributed by atoms with Gasteiger partial charge in [-0.25, -0.2) is 9.37 Å². The highest BCUT2D eigenvalue weighted by atomic mass is 19.1. The fraction of sp³-hybridized carbons (Fsp3) is 0.107. The first-order valence-corrected chi connectivity index (χ1v) is 11.2. The second-order valence-electron chi connectivity index (χ2n) is 8.21. The zero-order valence-electron chi connectivity index (χ0n) is 20.0. The second-order valence-corrected chi connectivity index (χ2v) is 8.21. The number of imidazole rings is 1. The summed E-state index contributed by atoms with van der Waals surface area (Å²) < 4.78 is 15.4. The normalized spacial score (nSPS) is 12.2. The first kappa shape index (κ1) is 24.4. The summed E-state index contributed by atoms with van der Waals surface area (Å²) in [6.45, 7) is 11.5. The van der Waals surface area contributed by atoms with Gasteiger partial charge in [-0.3, -0.25) is 0 Å². The average molecular weight is 487 g/mol. The number of hydrogen-bond donors (Lipinski definition) is 4. The summed E-state index contributed by atoms with van der Waals surface area (Å²) in [5, 5.41) is 23.4. The fourth-order valence-corrected chi connectivity index (χ4v) is 3.76. The maximum atomic E-state index is 13.9. The molecule has 0 aliphatic heterocycles. The van der Waals surface area contributed by atoms with Gasteiger partial charge < -0.3 is 25.4 Å². The van der Waals surface area contributed by atoms with Gasteiger partial charge in [-0.15, -0.1) is 0 Å². The van der Waals surface area contributed by atoms with E-state index in [9.17, 15) is 14.6 Å². The van der Waals surface area contributed by atoms with Crippen LogP contribution in [0.1, 0.15) is 41.1 Å². The van der Waals surface area contributed by atoms with E-state index in [0.29, 0.717) is 23.0 Å². The van der Waals surface area contributed by atoms with Crippen LogP contribution in [0.2, 0.25) is 0 Å². The molecule has 4 aromatic rings. The van der Waals surface area contributed by atoms with Crippen LogP contribution in [0.15, 0.2) is 80.2 Å². The quantitative estimate of drug-likeness (QED) is 0.216. The van der Waals surface area contributed by atoms with E-state index in [2.05, 4.69) is 28.4 Å². The SMILES string of the molecule is C=C/C(=C\c1c(C)ccn1OC(C)c1c(O)ccc(F)c1O)c1cnc(NC(=C)c2ccccc2)[nH]1. The summed E-state index contributed by atoms with van der Waals surface area (Å²) in [5.74, 6) is -1.22. The van der Waals surface area contributed by atoms with Crippen LogP contribution in [0, 0.1) is 12.7 Å². The zero-order chi connectivity index (χ0) is 25.8. The molecule has 0 amide bonds. The van der Waals surface area contributed by atoms with Crippen molar-refractivity contribution in [3.8, 4) is 11.5 Å². The van der Waals surface area contributed by atoms with Crippen molar-refractivity contribution in [2.75, 3.05) is 5.32 Å². The first-order valence-electron chi connectivity index (χ1n) is 11.2. The van der Waals surface area contributed by atoms with Crippen LogP contribution < -0.4 is 10.2 Å². The van der Waals surface area contributed by atoms with E-state index in [1.807, 2.05) is 49.4 Å². The maximum absolute atomic E-state index is 13.9. The first-order chi connectivity index (χ1) is 17.3. The van der Waals surface area contributed by atoms with Crippen molar-refractivity contribution in [3.05, 3.63) is 114 Å². The highest BCUT2D eigenvalue weighted by Gasteiger charge is 2.21. The molecule has 8 heteroatoms. The molecule has 7 nitrogen and oxygen atoms in total. The van der Waals surface area contributed by atoms with Crippen LogP contribution in [0.5, 0.6) is 11.5 Å². The van der Waals surface area contributed by atoms with Gasteiger partial charge in [0.1, 0.15) is 5.75 Å². The minimum Gasteiger partial charge on any atom is -0.507 e. The van der Waals surface area contributed by atoms with Crippen LogP contribution in [0.25, 0.3) is 17.3 Å². The molecule has 2 aromatic carbocycles. The van der Waals surface area contributed by atoms with Crippen LogP contribution >= 0.6 is 0 Å². The third-order valence-electron chi connectivity index (χ3n) is 5.71. The summed E-state index contributed by atoms with van der Waals surface area (Å²) in [7, 11) is 0. The predicted octanol–water partition coefficient (Wildman–Crippen LogP) is 6.07. The molecule has 1 atom stereocenters. The van der Waals surface area contributed by atoms with Gasteiger partial charge in [-0.2, -0.15) is 4.73 Å². The van der Waals surface area contributed by atoms with Crippen molar-refractivity contribution >= 4 is 23.3 Å². The Morgan fingerprint density at radius 2 is 1.94 bits per heavy atom. The van der Waals surface area contributed by atoms with Crippen molar-refractivity contribution in [2.45, 2.75) is 20.0 Å². The Labute approximate surface area is 208 Å². The summed E-state index contributed by atoms with van der Waals surface area (Å²) in [5.41, 5.74) is 4.69. The molecule has 4 rings (SSSR count). The lowest BCUT2D eigenvalue weighted by atomic mass is 10.1. The number of nitrogens with zero attached hydrogens (tertiary/aromatic N) is 2. The molecule has 0 radical (unpaired) electrons. The number of phenols is 2. The largest absolute Gasteiger partial charge is 0.507 e. The smallest absolute Gasteiger partial charge is 0.205 e. The number of nitrogens with one attached hydrogen (secondary N) is 2. The predicted molar refractivity (Wildman–Crippen MR) is 140 cm³/mol. The van der Waals surface area contributed by atoms with Gasteiger partial charge in [0.25, 0.3) is 0 Å². The number of aryl methyl sites for hydroxylation is 1. The van der Waals surface area contributed by atoms with Crippen molar-refractivity contribution in [2.24, 2.45) is 0 Å². The molecule has 36 heavy (non-hydrogen) atoms. The fourth-order valence-electron chi connectivity index (χ4n) is 3.76. The molecule has 0 saturated heterocycles. The standard InChI is InChI=1S/C28H27FN4O3/c1-5-20(23-16-30-28(32-23)31-18(3)21-9-7-6-8-10-21)15-24-17(2)13-14-33(24)36-19(4)26-25(34)12-11-22(29)27(26)35/h5-16,19,34-35H,1,3H2,2,4H3,(H2,30,31,32)/b20-15+. The number of H-pyrrole nitrogens is 1. The number of phenolic OH excluding ortho intramolecular Hbond substituents is 2. The summed E-state index contributed by atoms with van der Waals surface area (Å²) >= 11 is 0. The average Bonchev–Trinajstić information content (AvgIpc) is 3.47. The summed E-state index contributed by atoms with van der Waals surface area (Å²) in [6, 6.07) is 13.7. The van der Waals surface area contributed by atoms with Crippen molar-refractivity contribution in [3.63, 3.8) is 0 Å². The van der Waals surface area contributed by atoms with Crippen molar-refractivity contribution in [1.82, 2.24) is 14.7 Å². The molecule has 0 bridgehead atoms. The van der Waals surface area contributed by atoms with Crippen molar-refractivity contribution < 1.29 is 19.4 Å². The minimum absolute atomic E-state index is 0.0387. The third-order valence-corrected chi connectivity index (χ3v) is 5.71. The van der Waals surface area contributed by atoms with E-state index in [0.717, 1.165) is 22.8 Å². The molecule has 0 saturated carbocycles. The molecular weight excluding hydrogens is 459 g/mol. The van der Waals surface area contributed by atoms with Crippen LogP contribution in [-0.2, 0) is 0 Å². The molecule has 0 aliphatic rings. The van der Waals surface area contributed by atoms with E-state index in [4.69, 9.17) is 4.84 Å². The Hall–Kier alpha value is -4.72. The maximum Gasteiger partial charge on any atom is 0.205 e. The third kappa shape index (κ3) is 5.02.